The summed E-state index contributed by atoms with van der Waals surface area (Å²) in [5.41, 5.74) is 2.52. The summed E-state index contributed by atoms with van der Waals surface area (Å²) in [6.07, 6.45) is 3.90. The molecule has 1 aromatic heterocycles. The van der Waals surface area contributed by atoms with Crippen molar-refractivity contribution in [2.45, 2.75) is 24.9 Å². The minimum Gasteiger partial charge on any atom is -0.396 e. The molecule has 0 saturated carbocycles. The Morgan fingerprint density at radius 2 is 2.17 bits per heavy atom. The van der Waals surface area contributed by atoms with Crippen LogP contribution in [0.15, 0.2) is 11.2 Å². The van der Waals surface area contributed by atoms with Crippen molar-refractivity contribution in [2.24, 2.45) is 11.8 Å². The van der Waals surface area contributed by atoms with E-state index in [0.717, 1.165) is 25.2 Å². The molecule has 1 rings (SSSR count). The molecule has 5 N–H and O–H groups in total. The number of thioether (sulfide) groups is 1. The molecule has 7 heteroatoms. The van der Waals surface area contributed by atoms with Crippen molar-refractivity contribution in [1.29, 1.82) is 0 Å². The highest BCUT2D eigenvalue weighted by Gasteiger charge is 2.03. The highest BCUT2D eigenvalue weighted by molar-refractivity contribution is 7.98. The normalized spacial score (nSPS) is 12.2. The van der Waals surface area contributed by atoms with E-state index in [2.05, 4.69) is 20.7 Å². The number of nitrogens with zero attached hydrogens (tertiary/aromatic N) is 2. The van der Waals surface area contributed by atoms with Crippen molar-refractivity contribution < 1.29 is 5.11 Å². The van der Waals surface area contributed by atoms with Gasteiger partial charge in [-0.15, -0.1) is 0 Å². The Balaban J connectivity index is 2.46. The molecule has 0 aliphatic carbocycles. The summed E-state index contributed by atoms with van der Waals surface area (Å²) in [5.74, 6) is 7.06. The van der Waals surface area contributed by atoms with Gasteiger partial charge in [0.25, 0.3) is 0 Å². The lowest BCUT2D eigenvalue weighted by atomic mass is 10.1. The number of nitrogens with two attached hydrogens (primary N) is 1. The van der Waals surface area contributed by atoms with Crippen LogP contribution in [0.5, 0.6) is 0 Å². The highest BCUT2D eigenvalue weighted by atomic mass is 32.2. The molecule has 1 atom stereocenters. The third-order valence-corrected chi connectivity index (χ3v) is 3.08. The molecule has 1 aromatic rings. The quantitative estimate of drug-likeness (QED) is 0.186. The van der Waals surface area contributed by atoms with Crippen LogP contribution in [0.2, 0.25) is 0 Å². The molecular weight excluding hydrogens is 250 g/mol. The van der Waals surface area contributed by atoms with E-state index in [9.17, 15) is 0 Å². The number of hydrazine groups is 1. The van der Waals surface area contributed by atoms with E-state index in [1.165, 1.54) is 11.8 Å². The van der Waals surface area contributed by atoms with Crippen molar-refractivity contribution in [2.75, 3.05) is 30.1 Å². The minimum absolute atomic E-state index is 0.241. The summed E-state index contributed by atoms with van der Waals surface area (Å²) < 4.78 is 0. The standard InChI is InChI=1S/C11H21N5OS/c1-8(7-17)4-3-5-13-9-6-10(16-12)15-11(14-9)18-2/h6,8,17H,3-5,7,12H2,1-2H3,(H2,13,14,15,16). The third kappa shape index (κ3) is 5.07. The fourth-order valence-corrected chi connectivity index (χ4v) is 1.82. The number of nitrogens with one attached hydrogen (secondary N) is 2. The Morgan fingerprint density at radius 1 is 1.44 bits per heavy atom. The molecule has 0 aliphatic rings. The number of hydrogen-bond donors (Lipinski definition) is 4. The molecule has 0 aromatic carbocycles. The van der Waals surface area contributed by atoms with Crippen LogP contribution in [0, 0.1) is 5.92 Å². The maximum Gasteiger partial charge on any atom is 0.191 e. The van der Waals surface area contributed by atoms with E-state index in [1.54, 1.807) is 6.07 Å². The van der Waals surface area contributed by atoms with Crippen LogP contribution in [0.3, 0.4) is 0 Å². The molecule has 18 heavy (non-hydrogen) atoms. The van der Waals surface area contributed by atoms with E-state index in [-0.39, 0.29) is 6.61 Å². The molecule has 0 bridgehead atoms. The van der Waals surface area contributed by atoms with Crippen LogP contribution in [-0.2, 0) is 0 Å². The fourth-order valence-electron chi connectivity index (χ4n) is 1.44. The predicted molar refractivity (Wildman–Crippen MR) is 75.6 cm³/mol. The number of hydrogen-bond acceptors (Lipinski definition) is 7. The first-order chi connectivity index (χ1) is 8.69. The average Bonchev–Trinajstić information content (AvgIpc) is 2.42. The lowest BCUT2D eigenvalue weighted by molar-refractivity contribution is 0.229. The van der Waals surface area contributed by atoms with Crippen molar-refractivity contribution in [3.63, 3.8) is 0 Å². The molecule has 0 fully saturated rings. The zero-order chi connectivity index (χ0) is 13.4. The van der Waals surface area contributed by atoms with Gasteiger partial charge in [-0.05, 0) is 25.0 Å². The van der Waals surface area contributed by atoms with Gasteiger partial charge in [0, 0.05) is 19.2 Å². The molecule has 1 unspecified atom stereocenters. The molecule has 6 nitrogen and oxygen atoms in total. The van der Waals surface area contributed by atoms with Crippen molar-refractivity contribution in [3.8, 4) is 0 Å². The summed E-state index contributed by atoms with van der Waals surface area (Å²) in [6, 6.07) is 1.77. The Hall–Kier alpha value is -1.05. The van der Waals surface area contributed by atoms with Crippen molar-refractivity contribution in [1.82, 2.24) is 9.97 Å². The predicted octanol–water partition coefficient (Wildman–Crippen LogP) is 1.30. The molecule has 1 heterocycles. The van der Waals surface area contributed by atoms with Crippen molar-refractivity contribution in [3.05, 3.63) is 6.07 Å². The molecule has 0 amide bonds. The second kappa shape index (κ2) is 8.12. The first kappa shape index (κ1) is 15.0. The zero-order valence-electron chi connectivity index (χ0n) is 10.8. The summed E-state index contributed by atoms with van der Waals surface area (Å²) in [6.45, 7) is 3.09. The Bertz CT molecular complexity index is 341. The van der Waals surface area contributed by atoms with E-state index < -0.39 is 0 Å². The van der Waals surface area contributed by atoms with Crippen LogP contribution in [0.4, 0.5) is 11.6 Å². The topological polar surface area (TPSA) is 96.1 Å². The number of nitrogen functional groups attached to an aromatic ring is 1. The van der Waals surface area contributed by atoms with Gasteiger partial charge in [0.2, 0.25) is 0 Å². The number of rotatable bonds is 8. The minimum atomic E-state index is 0.241. The van der Waals surface area contributed by atoms with Gasteiger partial charge in [-0.3, -0.25) is 0 Å². The summed E-state index contributed by atoms with van der Waals surface area (Å²) in [7, 11) is 0. The molecule has 0 radical (unpaired) electrons. The number of aliphatic hydroxyl groups is 1. The molecular formula is C11H21N5OS. The summed E-state index contributed by atoms with van der Waals surface area (Å²) in [4.78, 5) is 8.52. The van der Waals surface area contributed by atoms with Gasteiger partial charge in [0.1, 0.15) is 11.6 Å². The SMILES string of the molecule is CSc1nc(NN)cc(NCCCC(C)CO)n1. The van der Waals surface area contributed by atoms with Gasteiger partial charge in [0.15, 0.2) is 5.16 Å². The molecule has 0 saturated heterocycles. The smallest absolute Gasteiger partial charge is 0.191 e. The fraction of sp³-hybridized carbons (Fsp3) is 0.636. The van der Waals surface area contributed by atoms with Crippen LogP contribution in [-0.4, -0.2) is 34.5 Å². The van der Waals surface area contributed by atoms with Crippen LogP contribution in [0.1, 0.15) is 19.8 Å². The van der Waals surface area contributed by atoms with E-state index in [4.69, 9.17) is 10.9 Å². The van der Waals surface area contributed by atoms with Crippen LogP contribution in [0.25, 0.3) is 0 Å². The van der Waals surface area contributed by atoms with Gasteiger partial charge in [0.05, 0.1) is 0 Å². The molecule has 102 valence electrons. The van der Waals surface area contributed by atoms with Gasteiger partial charge >= 0.3 is 0 Å². The maximum absolute atomic E-state index is 8.92. The Labute approximate surface area is 112 Å². The highest BCUT2D eigenvalue weighted by Crippen LogP contribution is 2.16. The summed E-state index contributed by atoms with van der Waals surface area (Å²) in [5, 5.41) is 12.8. The van der Waals surface area contributed by atoms with E-state index >= 15 is 0 Å². The number of aromatic nitrogens is 2. The summed E-state index contributed by atoms with van der Waals surface area (Å²) >= 11 is 1.47. The third-order valence-electron chi connectivity index (χ3n) is 2.53. The van der Waals surface area contributed by atoms with Gasteiger partial charge in [-0.1, -0.05) is 18.7 Å². The van der Waals surface area contributed by atoms with Gasteiger partial charge in [-0.2, -0.15) is 0 Å². The lowest BCUT2D eigenvalue weighted by Crippen LogP contribution is -2.12. The Kier molecular flexibility index (Phi) is 6.77. The average molecular weight is 271 g/mol. The first-order valence-corrected chi connectivity index (χ1v) is 7.16. The van der Waals surface area contributed by atoms with Gasteiger partial charge in [-0.25, -0.2) is 15.8 Å². The maximum atomic E-state index is 8.92. The zero-order valence-corrected chi connectivity index (χ0v) is 11.6. The monoisotopic (exact) mass is 271 g/mol. The largest absolute Gasteiger partial charge is 0.396 e. The van der Waals surface area contributed by atoms with E-state index in [0.29, 0.717) is 16.9 Å². The molecule has 0 aliphatic heterocycles. The van der Waals surface area contributed by atoms with Gasteiger partial charge < -0.3 is 15.8 Å². The second-order valence-electron chi connectivity index (χ2n) is 4.13. The Morgan fingerprint density at radius 3 is 2.78 bits per heavy atom. The van der Waals surface area contributed by atoms with Crippen LogP contribution >= 0.6 is 11.8 Å². The first-order valence-electron chi connectivity index (χ1n) is 5.94. The lowest BCUT2D eigenvalue weighted by Gasteiger charge is -2.10. The second-order valence-corrected chi connectivity index (χ2v) is 4.90. The van der Waals surface area contributed by atoms with Crippen molar-refractivity contribution >= 4 is 23.4 Å². The van der Waals surface area contributed by atoms with Crippen LogP contribution < -0.4 is 16.6 Å². The number of aliphatic hydroxyl groups excluding tert-OH is 1. The number of anilines is 2. The van der Waals surface area contributed by atoms with E-state index in [1.807, 2.05) is 13.2 Å². The molecule has 0 spiro atoms.